The normalized spacial score (nSPS) is 10.6. The quantitative estimate of drug-likeness (QED) is 0.710. The maximum absolute atomic E-state index is 9.10. The fourth-order valence-electron chi connectivity index (χ4n) is 1.43. The van der Waals surface area contributed by atoms with Crippen LogP contribution >= 0.6 is 0 Å². The monoisotopic (exact) mass is 182 g/mol. The van der Waals surface area contributed by atoms with Crippen LogP contribution in [0.2, 0.25) is 0 Å². The van der Waals surface area contributed by atoms with E-state index in [9.17, 15) is 0 Å². The van der Waals surface area contributed by atoms with Gasteiger partial charge in [0.1, 0.15) is 5.82 Å². The largest absolute Gasteiger partial charge is 0.492 e. The van der Waals surface area contributed by atoms with Gasteiger partial charge >= 0.3 is 0 Å². The topological polar surface area (TPSA) is 38.0 Å². The molecule has 1 heterocycles. The molecule has 13 heavy (non-hydrogen) atoms. The molecule has 0 aliphatic carbocycles. The van der Waals surface area contributed by atoms with E-state index in [1.807, 2.05) is 11.5 Å². The third-order valence-corrected chi connectivity index (χ3v) is 2.22. The Hall–Kier alpha value is -0.990. The lowest BCUT2D eigenvalue weighted by molar-refractivity contribution is 0.454. The van der Waals surface area contributed by atoms with Crippen molar-refractivity contribution in [2.75, 3.05) is 0 Å². The average Bonchev–Trinajstić information content (AvgIpc) is 2.39. The Bertz CT molecular complexity index is 255. The average molecular weight is 182 g/mol. The number of unbranched alkanes of at least 4 members (excludes halogenated alkanes) is 3. The molecule has 0 amide bonds. The smallest absolute Gasteiger partial charge is 0.229 e. The first-order valence-corrected chi connectivity index (χ1v) is 4.96. The van der Waals surface area contributed by atoms with Crippen molar-refractivity contribution in [3.8, 4) is 5.88 Å². The zero-order valence-electron chi connectivity index (χ0n) is 8.45. The van der Waals surface area contributed by atoms with Crippen LogP contribution in [0.15, 0.2) is 6.20 Å². The number of hydrogen-bond donors (Lipinski definition) is 1. The lowest BCUT2D eigenvalue weighted by Gasteiger charge is -2.02. The van der Waals surface area contributed by atoms with Crippen molar-refractivity contribution in [2.45, 2.75) is 46.1 Å². The van der Waals surface area contributed by atoms with Gasteiger partial charge in [0.15, 0.2) is 0 Å². The number of hydrogen-bond acceptors (Lipinski definition) is 2. The van der Waals surface area contributed by atoms with Gasteiger partial charge in [-0.1, -0.05) is 26.2 Å². The molecule has 0 saturated carbocycles. The second-order valence-electron chi connectivity index (χ2n) is 3.40. The highest BCUT2D eigenvalue weighted by Gasteiger charge is 2.00. The lowest BCUT2D eigenvalue weighted by Crippen LogP contribution is -1.98. The molecule has 1 aromatic rings. The Morgan fingerprint density at radius 2 is 2.15 bits per heavy atom. The molecule has 0 spiro atoms. The molecule has 0 unspecified atom stereocenters. The van der Waals surface area contributed by atoms with E-state index in [0.717, 1.165) is 12.4 Å². The summed E-state index contributed by atoms with van der Waals surface area (Å²) in [5.41, 5.74) is 0. The molecule has 0 bridgehead atoms. The fourth-order valence-corrected chi connectivity index (χ4v) is 1.43. The van der Waals surface area contributed by atoms with E-state index in [1.165, 1.54) is 25.7 Å². The molecule has 1 rings (SSSR count). The summed E-state index contributed by atoms with van der Waals surface area (Å²) >= 11 is 0. The van der Waals surface area contributed by atoms with Crippen molar-refractivity contribution in [3.05, 3.63) is 12.0 Å². The van der Waals surface area contributed by atoms with Gasteiger partial charge in [-0.3, -0.25) is 0 Å². The van der Waals surface area contributed by atoms with Crippen LogP contribution in [0.25, 0.3) is 0 Å². The molecule has 0 atom stereocenters. The lowest BCUT2D eigenvalue weighted by atomic mass is 10.2. The van der Waals surface area contributed by atoms with E-state index < -0.39 is 0 Å². The van der Waals surface area contributed by atoms with Crippen LogP contribution < -0.4 is 0 Å². The standard InChI is InChI=1S/C10H18N2O/c1-3-4-5-6-7-12-8-10(13)11-9(12)2/h8,13H,3-7H2,1-2H3. The predicted octanol–water partition coefficient (Wildman–Crippen LogP) is 2.48. The molecule has 0 aliphatic heterocycles. The molecular weight excluding hydrogens is 164 g/mol. The molecule has 3 nitrogen and oxygen atoms in total. The van der Waals surface area contributed by atoms with Crippen LogP contribution in [0.1, 0.15) is 38.4 Å². The second-order valence-corrected chi connectivity index (χ2v) is 3.40. The van der Waals surface area contributed by atoms with Gasteiger partial charge in [0.2, 0.25) is 5.88 Å². The Labute approximate surface area is 79.4 Å². The molecule has 0 radical (unpaired) electrons. The molecule has 0 aromatic carbocycles. The predicted molar refractivity (Wildman–Crippen MR) is 52.8 cm³/mol. The van der Waals surface area contributed by atoms with Gasteiger partial charge < -0.3 is 9.67 Å². The highest BCUT2D eigenvalue weighted by atomic mass is 16.3. The summed E-state index contributed by atoms with van der Waals surface area (Å²) in [6.45, 7) is 5.09. The Morgan fingerprint density at radius 3 is 2.69 bits per heavy atom. The Kier molecular flexibility index (Phi) is 3.80. The Balaban J connectivity index is 2.32. The highest BCUT2D eigenvalue weighted by molar-refractivity contribution is 5.06. The highest BCUT2D eigenvalue weighted by Crippen LogP contribution is 2.10. The van der Waals surface area contributed by atoms with E-state index in [-0.39, 0.29) is 5.88 Å². The molecular formula is C10H18N2O. The van der Waals surface area contributed by atoms with Gasteiger partial charge in [-0.15, -0.1) is 0 Å². The number of imidazole rings is 1. The summed E-state index contributed by atoms with van der Waals surface area (Å²) in [5.74, 6) is 1.03. The van der Waals surface area contributed by atoms with Gasteiger partial charge in [0.25, 0.3) is 0 Å². The SMILES string of the molecule is CCCCCCn1cc(O)nc1C. The summed E-state index contributed by atoms with van der Waals surface area (Å²) in [7, 11) is 0. The van der Waals surface area contributed by atoms with Crippen molar-refractivity contribution in [3.63, 3.8) is 0 Å². The molecule has 74 valence electrons. The van der Waals surface area contributed by atoms with E-state index >= 15 is 0 Å². The van der Waals surface area contributed by atoms with Crippen molar-refractivity contribution < 1.29 is 5.11 Å². The van der Waals surface area contributed by atoms with Crippen LogP contribution in [-0.2, 0) is 6.54 Å². The van der Waals surface area contributed by atoms with Gasteiger partial charge in [-0.05, 0) is 13.3 Å². The minimum Gasteiger partial charge on any atom is -0.492 e. The number of rotatable bonds is 5. The van der Waals surface area contributed by atoms with E-state index in [1.54, 1.807) is 6.20 Å². The van der Waals surface area contributed by atoms with Crippen LogP contribution in [0.5, 0.6) is 5.88 Å². The maximum atomic E-state index is 9.10. The molecule has 1 aromatic heterocycles. The molecule has 3 heteroatoms. The zero-order valence-corrected chi connectivity index (χ0v) is 8.45. The van der Waals surface area contributed by atoms with Gasteiger partial charge in [0.05, 0.1) is 6.20 Å². The van der Waals surface area contributed by atoms with Gasteiger partial charge in [0, 0.05) is 6.54 Å². The van der Waals surface area contributed by atoms with Crippen LogP contribution in [-0.4, -0.2) is 14.7 Å². The number of aromatic hydroxyl groups is 1. The van der Waals surface area contributed by atoms with Crippen LogP contribution in [0.4, 0.5) is 0 Å². The molecule has 1 N–H and O–H groups in total. The van der Waals surface area contributed by atoms with E-state index in [0.29, 0.717) is 0 Å². The summed E-state index contributed by atoms with van der Waals surface area (Å²) in [4.78, 5) is 3.93. The fraction of sp³-hybridized carbons (Fsp3) is 0.700. The second kappa shape index (κ2) is 4.90. The van der Waals surface area contributed by atoms with Crippen molar-refractivity contribution in [1.82, 2.24) is 9.55 Å². The summed E-state index contributed by atoms with van der Waals surface area (Å²) in [6, 6.07) is 0. The minimum absolute atomic E-state index is 0.132. The van der Waals surface area contributed by atoms with Gasteiger partial charge in [-0.2, -0.15) is 4.98 Å². The summed E-state index contributed by atoms with van der Waals surface area (Å²) in [6.07, 6.45) is 6.68. The molecule has 0 aliphatic rings. The van der Waals surface area contributed by atoms with Crippen molar-refractivity contribution >= 4 is 0 Å². The first-order chi connectivity index (χ1) is 6.24. The van der Waals surface area contributed by atoms with E-state index in [2.05, 4.69) is 11.9 Å². The number of aryl methyl sites for hydroxylation is 2. The third-order valence-electron chi connectivity index (χ3n) is 2.22. The van der Waals surface area contributed by atoms with Crippen LogP contribution in [0, 0.1) is 6.92 Å². The van der Waals surface area contributed by atoms with Crippen molar-refractivity contribution in [1.29, 1.82) is 0 Å². The zero-order chi connectivity index (χ0) is 9.68. The Morgan fingerprint density at radius 1 is 1.38 bits per heavy atom. The molecule has 0 saturated heterocycles. The first-order valence-electron chi connectivity index (χ1n) is 4.96. The summed E-state index contributed by atoms with van der Waals surface area (Å²) < 4.78 is 2.00. The van der Waals surface area contributed by atoms with E-state index in [4.69, 9.17) is 5.11 Å². The third kappa shape index (κ3) is 3.09. The minimum atomic E-state index is 0.132. The number of nitrogens with zero attached hydrogens (tertiary/aromatic N) is 2. The number of aromatic nitrogens is 2. The maximum Gasteiger partial charge on any atom is 0.229 e. The van der Waals surface area contributed by atoms with Crippen LogP contribution in [0.3, 0.4) is 0 Å². The first kappa shape index (κ1) is 10.1. The van der Waals surface area contributed by atoms with Gasteiger partial charge in [-0.25, -0.2) is 0 Å². The van der Waals surface area contributed by atoms with Crippen molar-refractivity contribution in [2.24, 2.45) is 0 Å². The summed E-state index contributed by atoms with van der Waals surface area (Å²) in [5, 5.41) is 9.10. The molecule has 0 fully saturated rings.